The van der Waals surface area contributed by atoms with E-state index in [2.05, 4.69) is 22.3 Å². The number of hydrogen-bond donors (Lipinski definition) is 2. The summed E-state index contributed by atoms with van der Waals surface area (Å²) >= 11 is 0. The van der Waals surface area contributed by atoms with Gasteiger partial charge in [0.25, 0.3) is 0 Å². The first-order valence-corrected chi connectivity index (χ1v) is 5.63. The van der Waals surface area contributed by atoms with Gasteiger partial charge in [0.1, 0.15) is 6.10 Å². The molecule has 0 radical (unpaired) electrons. The van der Waals surface area contributed by atoms with Gasteiger partial charge in [-0.1, -0.05) is 18.2 Å². The van der Waals surface area contributed by atoms with Crippen LogP contribution in [0.3, 0.4) is 0 Å². The summed E-state index contributed by atoms with van der Waals surface area (Å²) in [4.78, 5) is 0. The molecule has 2 N–H and O–H groups in total. The van der Waals surface area contributed by atoms with Crippen LogP contribution >= 0.6 is 0 Å². The van der Waals surface area contributed by atoms with Gasteiger partial charge in [-0.05, 0) is 36.0 Å². The van der Waals surface area contributed by atoms with Gasteiger partial charge < -0.3 is 5.11 Å². The summed E-state index contributed by atoms with van der Waals surface area (Å²) in [6.07, 6.45) is 6.39. The molecular formula is C13H14N2O. The highest BCUT2D eigenvalue weighted by Gasteiger charge is 2.16. The molecule has 1 aromatic carbocycles. The zero-order valence-corrected chi connectivity index (χ0v) is 8.98. The predicted octanol–water partition coefficient (Wildman–Crippen LogP) is 1.98. The van der Waals surface area contributed by atoms with E-state index in [0.29, 0.717) is 0 Å². The molecule has 1 aromatic heterocycles. The summed E-state index contributed by atoms with van der Waals surface area (Å²) in [5, 5.41) is 16.7. The lowest BCUT2D eigenvalue weighted by Crippen LogP contribution is -1.99. The third-order valence-electron chi connectivity index (χ3n) is 3.27. The number of H-pyrrole nitrogens is 1. The molecule has 1 aliphatic rings. The maximum atomic E-state index is 10.2. The number of aliphatic hydroxyl groups is 1. The lowest BCUT2D eigenvalue weighted by atomic mass is 10.00. The van der Waals surface area contributed by atoms with Crippen LogP contribution in [-0.4, -0.2) is 15.3 Å². The normalized spacial score (nSPS) is 16.1. The van der Waals surface area contributed by atoms with Crippen LogP contribution in [0.4, 0.5) is 0 Å². The highest BCUT2D eigenvalue weighted by molar-refractivity contribution is 5.38. The van der Waals surface area contributed by atoms with E-state index >= 15 is 0 Å². The predicted molar refractivity (Wildman–Crippen MR) is 61.1 cm³/mol. The van der Waals surface area contributed by atoms with Gasteiger partial charge in [0.2, 0.25) is 0 Å². The smallest absolute Gasteiger partial charge is 0.107 e. The maximum absolute atomic E-state index is 10.2. The molecular weight excluding hydrogens is 200 g/mol. The Hall–Kier alpha value is -1.61. The van der Waals surface area contributed by atoms with Gasteiger partial charge in [-0.3, -0.25) is 5.10 Å². The van der Waals surface area contributed by atoms with Crippen LogP contribution in [0.25, 0.3) is 0 Å². The summed E-state index contributed by atoms with van der Waals surface area (Å²) in [5.41, 5.74) is 4.60. The van der Waals surface area contributed by atoms with Crippen molar-refractivity contribution in [2.75, 3.05) is 0 Å². The highest BCUT2D eigenvalue weighted by atomic mass is 16.3. The first kappa shape index (κ1) is 9.60. The molecule has 3 nitrogen and oxygen atoms in total. The minimum Gasteiger partial charge on any atom is -0.384 e. The second kappa shape index (κ2) is 3.76. The largest absolute Gasteiger partial charge is 0.384 e. The molecule has 82 valence electrons. The monoisotopic (exact) mass is 214 g/mol. The van der Waals surface area contributed by atoms with Crippen molar-refractivity contribution in [3.05, 3.63) is 52.8 Å². The Kier molecular flexibility index (Phi) is 2.26. The number of nitrogens with one attached hydrogen (secondary N) is 1. The number of nitrogens with zero attached hydrogens (tertiary/aromatic N) is 1. The van der Waals surface area contributed by atoms with Crippen LogP contribution in [0.5, 0.6) is 0 Å². The quantitative estimate of drug-likeness (QED) is 0.803. The Morgan fingerprint density at radius 2 is 2.06 bits per heavy atom. The van der Waals surface area contributed by atoms with E-state index in [4.69, 9.17) is 0 Å². The zero-order valence-electron chi connectivity index (χ0n) is 8.98. The Labute approximate surface area is 94.1 Å². The van der Waals surface area contributed by atoms with Crippen LogP contribution in [0.2, 0.25) is 0 Å². The molecule has 0 saturated carbocycles. The number of aromatic amines is 1. The minimum atomic E-state index is -0.565. The summed E-state index contributed by atoms with van der Waals surface area (Å²) in [6, 6.07) is 6.28. The van der Waals surface area contributed by atoms with Gasteiger partial charge in [0.15, 0.2) is 0 Å². The highest BCUT2D eigenvalue weighted by Crippen LogP contribution is 2.27. The first-order valence-electron chi connectivity index (χ1n) is 5.63. The Morgan fingerprint density at radius 1 is 1.19 bits per heavy atom. The first-order chi connectivity index (χ1) is 7.84. The van der Waals surface area contributed by atoms with Gasteiger partial charge >= 0.3 is 0 Å². The minimum absolute atomic E-state index is 0.565. The number of aliphatic hydroxyl groups excluding tert-OH is 1. The Morgan fingerprint density at radius 3 is 2.88 bits per heavy atom. The molecule has 3 rings (SSSR count). The molecule has 0 bridgehead atoms. The van der Waals surface area contributed by atoms with Gasteiger partial charge in [0.05, 0.1) is 6.20 Å². The summed E-state index contributed by atoms with van der Waals surface area (Å²) in [7, 11) is 0. The number of benzene rings is 1. The molecule has 0 aliphatic heterocycles. The van der Waals surface area contributed by atoms with E-state index in [1.165, 1.54) is 24.0 Å². The van der Waals surface area contributed by atoms with Crippen molar-refractivity contribution >= 4 is 0 Å². The second-order valence-corrected chi connectivity index (χ2v) is 4.32. The van der Waals surface area contributed by atoms with Crippen LogP contribution in [0, 0.1) is 0 Å². The van der Waals surface area contributed by atoms with Gasteiger partial charge in [-0.2, -0.15) is 5.10 Å². The third-order valence-corrected chi connectivity index (χ3v) is 3.27. The summed E-state index contributed by atoms with van der Waals surface area (Å²) < 4.78 is 0. The maximum Gasteiger partial charge on any atom is 0.107 e. The molecule has 2 aromatic rings. The van der Waals surface area contributed by atoms with Crippen molar-refractivity contribution in [2.45, 2.75) is 25.4 Å². The number of hydrogen-bond acceptors (Lipinski definition) is 2. The Balaban J connectivity index is 1.95. The van der Waals surface area contributed by atoms with Crippen molar-refractivity contribution in [1.29, 1.82) is 0 Å². The molecule has 1 atom stereocenters. The van der Waals surface area contributed by atoms with E-state index in [1.54, 1.807) is 12.4 Å². The average molecular weight is 214 g/mol. The number of fused-ring (bicyclic) bond motifs is 1. The average Bonchev–Trinajstić information content (AvgIpc) is 2.98. The van der Waals surface area contributed by atoms with E-state index in [9.17, 15) is 5.11 Å². The van der Waals surface area contributed by atoms with Crippen molar-refractivity contribution in [3.8, 4) is 0 Å². The molecule has 0 saturated heterocycles. The van der Waals surface area contributed by atoms with Crippen molar-refractivity contribution in [1.82, 2.24) is 10.2 Å². The molecule has 0 fully saturated rings. The molecule has 1 unspecified atom stereocenters. The standard InChI is InChI=1S/C13H14N2O/c16-13(12-7-14-15-8-12)11-5-4-9-2-1-3-10(9)6-11/h4-8,13,16H,1-3H2,(H,14,15). The van der Waals surface area contributed by atoms with Crippen LogP contribution in [-0.2, 0) is 12.8 Å². The number of rotatable bonds is 2. The van der Waals surface area contributed by atoms with E-state index < -0.39 is 6.10 Å². The van der Waals surface area contributed by atoms with Crippen LogP contribution in [0.15, 0.2) is 30.6 Å². The van der Waals surface area contributed by atoms with E-state index in [1.807, 2.05) is 6.07 Å². The topological polar surface area (TPSA) is 48.9 Å². The summed E-state index contributed by atoms with van der Waals surface area (Å²) in [5.74, 6) is 0. The third kappa shape index (κ3) is 1.53. The molecule has 3 heteroatoms. The lowest BCUT2D eigenvalue weighted by Gasteiger charge is -2.10. The van der Waals surface area contributed by atoms with Crippen molar-refractivity contribution < 1.29 is 5.11 Å². The number of aromatic nitrogens is 2. The Bertz CT molecular complexity index is 491. The fraction of sp³-hybridized carbons (Fsp3) is 0.308. The van der Waals surface area contributed by atoms with Crippen LogP contribution in [0.1, 0.15) is 34.8 Å². The zero-order chi connectivity index (χ0) is 11.0. The van der Waals surface area contributed by atoms with E-state index in [-0.39, 0.29) is 0 Å². The molecule has 0 spiro atoms. The van der Waals surface area contributed by atoms with Gasteiger partial charge in [-0.25, -0.2) is 0 Å². The van der Waals surface area contributed by atoms with Crippen molar-refractivity contribution in [3.63, 3.8) is 0 Å². The molecule has 16 heavy (non-hydrogen) atoms. The lowest BCUT2D eigenvalue weighted by molar-refractivity contribution is 0.220. The number of aryl methyl sites for hydroxylation is 2. The SMILES string of the molecule is OC(c1cn[nH]c1)c1ccc2c(c1)CCC2. The van der Waals surface area contributed by atoms with Crippen molar-refractivity contribution in [2.24, 2.45) is 0 Å². The molecule has 1 aliphatic carbocycles. The fourth-order valence-electron chi connectivity index (χ4n) is 2.36. The molecule has 1 heterocycles. The van der Waals surface area contributed by atoms with Crippen LogP contribution < -0.4 is 0 Å². The second-order valence-electron chi connectivity index (χ2n) is 4.32. The van der Waals surface area contributed by atoms with E-state index in [0.717, 1.165) is 17.5 Å². The molecule has 0 amide bonds. The van der Waals surface area contributed by atoms with Gasteiger partial charge in [-0.15, -0.1) is 0 Å². The van der Waals surface area contributed by atoms with Gasteiger partial charge in [0, 0.05) is 11.8 Å². The fourth-order valence-corrected chi connectivity index (χ4v) is 2.36. The summed E-state index contributed by atoms with van der Waals surface area (Å²) in [6.45, 7) is 0.